The van der Waals surface area contributed by atoms with Crippen LogP contribution in [0.1, 0.15) is 24.2 Å². The van der Waals surface area contributed by atoms with E-state index in [0.29, 0.717) is 5.71 Å². The van der Waals surface area contributed by atoms with Crippen molar-refractivity contribution in [3.05, 3.63) is 11.4 Å². The zero-order valence-corrected chi connectivity index (χ0v) is 5.91. The van der Waals surface area contributed by atoms with Crippen LogP contribution in [0, 0.1) is 0 Å². The number of hydrogen-bond acceptors (Lipinski definition) is 4. The summed E-state index contributed by atoms with van der Waals surface area (Å²) in [6, 6.07) is 0. The first-order valence-corrected chi connectivity index (χ1v) is 3.53. The van der Waals surface area contributed by atoms with Gasteiger partial charge < -0.3 is 5.21 Å². The molecule has 0 saturated heterocycles. The smallest absolute Gasteiger partial charge is 0.133 e. The molecule has 0 aromatic carbocycles. The van der Waals surface area contributed by atoms with Crippen molar-refractivity contribution in [1.82, 2.24) is 15.4 Å². The van der Waals surface area contributed by atoms with Crippen molar-refractivity contribution in [1.29, 1.82) is 0 Å². The van der Waals surface area contributed by atoms with Gasteiger partial charge in [0.2, 0.25) is 0 Å². The minimum Gasteiger partial charge on any atom is -0.411 e. The van der Waals surface area contributed by atoms with Gasteiger partial charge in [-0.1, -0.05) is 5.16 Å². The second kappa shape index (κ2) is 2.34. The fraction of sp³-hybridized carbons (Fsp3) is 0.500. The first-order chi connectivity index (χ1) is 5.42. The van der Waals surface area contributed by atoms with E-state index < -0.39 is 0 Å². The predicted molar refractivity (Wildman–Crippen MR) is 37.6 cm³/mol. The highest BCUT2D eigenvalue weighted by Crippen LogP contribution is 2.16. The van der Waals surface area contributed by atoms with E-state index in [9.17, 15) is 0 Å². The van der Waals surface area contributed by atoms with Crippen LogP contribution in [0.4, 0.5) is 0 Å². The van der Waals surface area contributed by atoms with E-state index in [2.05, 4.69) is 20.6 Å². The molecule has 5 nitrogen and oxygen atoms in total. The number of hydrogen-bond donors (Lipinski definition) is 2. The molecule has 2 N–H and O–H groups in total. The molecular weight excluding hydrogens is 144 g/mol. The van der Waals surface area contributed by atoms with Gasteiger partial charge in [-0.3, -0.25) is 0 Å². The Bertz CT molecular complexity index is 291. The molecule has 58 valence electrons. The van der Waals surface area contributed by atoms with Crippen LogP contribution in [-0.4, -0.2) is 26.3 Å². The second-order valence-corrected chi connectivity index (χ2v) is 2.52. The molecule has 1 aliphatic carbocycles. The Labute approximate surface area is 63.1 Å². The molecule has 0 spiro atoms. The molecule has 11 heavy (non-hydrogen) atoms. The quantitative estimate of drug-likeness (QED) is 0.415. The van der Waals surface area contributed by atoms with E-state index >= 15 is 0 Å². The highest BCUT2D eigenvalue weighted by molar-refractivity contribution is 6.00. The molecule has 1 aromatic heterocycles. The van der Waals surface area contributed by atoms with Crippen molar-refractivity contribution < 1.29 is 5.21 Å². The normalized spacial score (nSPS) is 20.2. The standard InChI is InChI=1S/C6H8N4O/c11-9-5-3-1-2-4-6(5)8-10-7-4/h11H,1-3H2,(H,7,8,10). The lowest BCUT2D eigenvalue weighted by Crippen LogP contribution is -2.11. The molecule has 0 unspecified atom stereocenters. The molecule has 0 radical (unpaired) electrons. The van der Waals surface area contributed by atoms with E-state index in [4.69, 9.17) is 5.21 Å². The summed E-state index contributed by atoms with van der Waals surface area (Å²) in [4.78, 5) is 0. The van der Waals surface area contributed by atoms with Crippen molar-refractivity contribution in [3.63, 3.8) is 0 Å². The van der Waals surface area contributed by atoms with Crippen LogP contribution in [0.5, 0.6) is 0 Å². The Hall–Kier alpha value is -1.39. The molecule has 0 bridgehead atoms. The summed E-state index contributed by atoms with van der Waals surface area (Å²) in [7, 11) is 0. The van der Waals surface area contributed by atoms with Gasteiger partial charge in [0.25, 0.3) is 0 Å². The Balaban J connectivity index is 2.48. The molecule has 2 rings (SSSR count). The maximum atomic E-state index is 8.56. The highest BCUT2D eigenvalue weighted by Gasteiger charge is 2.19. The van der Waals surface area contributed by atoms with E-state index in [1.165, 1.54) is 0 Å². The van der Waals surface area contributed by atoms with Crippen LogP contribution < -0.4 is 0 Å². The number of H-pyrrole nitrogens is 1. The molecule has 0 atom stereocenters. The molecule has 0 aliphatic heterocycles. The van der Waals surface area contributed by atoms with Crippen molar-refractivity contribution in [2.75, 3.05) is 0 Å². The van der Waals surface area contributed by atoms with Crippen LogP contribution in [0.15, 0.2) is 5.16 Å². The molecular formula is C6H8N4O. The number of nitrogens with zero attached hydrogens (tertiary/aromatic N) is 3. The van der Waals surface area contributed by atoms with Crippen LogP contribution in [0.3, 0.4) is 0 Å². The fourth-order valence-electron chi connectivity index (χ4n) is 1.30. The summed E-state index contributed by atoms with van der Waals surface area (Å²) in [6.07, 6.45) is 2.69. The number of fused-ring (bicyclic) bond motifs is 1. The van der Waals surface area contributed by atoms with Gasteiger partial charge in [0.05, 0.1) is 5.69 Å². The molecule has 5 heteroatoms. The lowest BCUT2D eigenvalue weighted by molar-refractivity contribution is 0.317. The van der Waals surface area contributed by atoms with Crippen LogP contribution in [0.25, 0.3) is 0 Å². The van der Waals surface area contributed by atoms with Crippen LogP contribution in [-0.2, 0) is 6.42 Å². The Morgan fingerprint density at radius 3 is 3.09 bits per heavy atom. The van der Waals surface area contributed by atoms with E-state index in [1.807, 2.05) is 0 Å². The summed E-state index contributed by atoms with van der Waals surface area (Å²) >= 11 is 0. The third kappa shape index (κ3) is 0.886. The summed E-state index contributed by atoms with van der Waals surface area (Å²) in [5, 5.41) is 22.0. The van der Waals surface area contributed by atoms with Gasteiger partial charge in [-0.15, -0.1) is 0 Å². The number of aromatic amines is 1. The Kier molecular flexibility index (Phi) is 1.34. The van der Waals surface area contributed by atoms with Crippen molar-refractivity contribution in [2.45, 2.75) is 19.3 Å². The minimum absolute atomic E-state index is 0.639. The van der Waals surface area contributed by atoms with Crippen molar-refractivity contribution in [3.8, 4) is 0 Å². The van der Waals surface area contributed by atoms with Gasteiger partial charge in [-0.05, 0) is 19.3 Å². The first kappa shape index (κ1) is 6.33. The third-order valence-corrected chi connectivity index (χ3v) is 1.84. The maximum Gasteiger partial charge on any atom is 0.133 e. The summed E-state index contributed by atoms with van der Waals surface area (Å²) < 4.78 is 0. The Morgan fingerprint density at radius 2 is 2.27 bits per heavy atom. The van der Waals surface area contributed by atoms with Gasteiger partial charge >= 0.3 is 0 Å². The number of oxime groups is 1. The second-order valence-electron chi connectivity index (χ2n) is 2.52. The van der Waals surface area contributed by atoms with Gasteiger partial charge in [0.1, 0.15) is 11.4 Å². The van der Waals surface area contributed by atoms with Gasteiger partial charge in [-0.2, -0.15) is 15.4 Å². The number of rotatable bonds is 0. The average molecular weight is 152 g/mol. The zero-order valence-electron chi connectivity index (χ0n) is 5.91. The van der Waals surface area contributed by atoms with Crippen LogP contribution >= 0.6 is 0 Å². The van der Waals surface area contributed by atoms with E-state index in [1.54, 1.807) is 0 Å². The summed E-state index contributed by atoms with van der Waals surface area (Å²) in [5.74, 6) is 0. The molecule has 0 saturated carbocycles. The SMILES string of the molecule is ON=C1CCCc2n[nH]nc21. The van der Waals surface area contributed by atoms with Gasteiger partial charge in [0.15, 0.2) is 0 Å². The molecule has 1 aliphatic rings. The highest BCUT2D eigenvalue weighted by atomic mass is 16.4. The number of aryl methyl sites for hydroxylation is 1. The number of nitrogens with one attached hydrogen (secondary N) is 1. The topological polar surface area (TPSA) is 74.2 Å². The van der Waals surface area contributed by atoms with Crippen molar-refractivity contribution >= 4 is 5.71 Å². The zero-order chi connectivity index (χ0) is 7.68. The molecule has 0 amide bonds. The monoisotopic (exact) mass is 152 g/mol. The molecule has 0 fully saturated rings. The minimum atomic E-state index is 0.639. The predicted octanol–water partition coefficient (Wildman–Crippen LogP) is 0.319. The molecule has 1 heterocycles. The lowest BCUT2D eigenvalue weighted by atomic mass is 9.99. The number of aromatic nitrogens is 3. The summed E-state index contributed by atoms with van der Waals surface area (Å²) in [5.41, 5.74) is 2.27. The Morgan fingerprint density at radius 1 is 1.36 bits per heavy atom. The summed E-state index contributed by atoms with van der Waals surface area (Å²) in [6.45, 7) is 0. The largest absolute Gasteiger partial charge is 0.411 e. The average Bonchev–Trinajstić information content (AvgIpc) is 2.50. The maximum absolute atomic E-state index is 8.56. The first-order valence-electron chi connectivity index (χ1n) is 3.53. The van der Waals surface area contributed by atoms with Gasteiger partial charge in [-0.25, -0.2) is 0 Å². The van der Waals surface area contributed by atoms with E-state index in [-0.39, 0.29) is 0 Å². The lowest BCUT2D eigenvalue weighted by Gasteiger charge is -2.07. The fourth-order valence-corrected chi connectivity index (χ4v) is 1.30. The van der Waals surface area contributed by atoms with Crippen molar-refractivity contribution in [2.24, 2.45) is 5.16 Å². The van der Waals surface area contributed by atoms with E-state index in [0.717, 1.165) is 30.7 Å². The van der Waals surface area contributed by atoms with Gasteiger partial charge in [0, 0.05) is 0 Å². The third-order valence-electron chi connectivity index (χ3n) is 1.84. The van der Waals surface area contributed by atoms with Crippen LogP contribution in [0.2, 0.25) is 0 Å². The molecule has 1 aromatic rings.